The van der Waals surface area contributed by atoms with Crippen molar-refractivity contribution in [3.63, 3.8) is 0 Å². The van der Waals surface area contributed by atoms with Gasteiger partial charge in [0.15, 0.2) is 5.76 Å². The third-order valence-electron chi connectivity index (χ3n) is 1.11. The van der Waals surface area contributed by atoms with Crippen molar-refractivity contribution in [2.24, 2.45) is 10.2 Å². The molecule has 0 spiro atoms. The number of rotatable bonds is 0. The van der Waals surface area contributed by atoms with Crippen molar-refractivity contribution in [3.8, 4) is 0 Å². The molecule has 0 aliphatic carbocycles. The minimum atomic E-state index is 0.653. The summed E-state index contributed by atoms with van der Waals surface area (Å²) in [4.78, 5) is 0. The summed E-state index contributed by atoms with van der Waals surface area (Å²) >= 11 is 0. The first-order valence-electron chi connectivity index (χ1n) is 2.41. The van der Waals surface area contributed by atoms with Crippen LogP contribution in [0.1, 0.15) is 0 Å². The van der Waals surface area contributed by atoms with Gasteiger partial charge in [-0.1, -0.05) is 0 Å². The van der Waals surface area contributed by atoms with Gasteiger partial charge >= 0.3 is 0 Å². The molecule has 0 saturated carbocycles. The van der Waals surface area contributed by atoms with Gasteiger partial charge in [-0.15, -0.1) is 5.11 Å². The van der Waals surface area contributed by atoms with Gasteiger partial charge in [0.25, 0.3) is 0 Å². The first-order chi connectivity index (χ1) is 3.97. The van der Waals surface area contributed by atoms with Crippen LogP contribution in [0.25, 0.3) is 0 Å². The Morgan fingerprint density at radius 3 is 3.50 bits per heavy atom. The number of hydrogen-bond donors (Lipinski definition) is 0. The molecular weight excluding hydrogens is 104 g/mol. The van der Waals surface area contributed by atoms with Crippen LogP contribution in [0.15, 0.2) is 34.0 Å². The smallest absolute Gasteiger partial charge is 0.167 e. The zero-order chi connectivity index (χ0) is 5.40. The van der Waals surface area contributed by atoms with E-state index in [1.807, 2.05) is 6.08 Å². The maximum absolute atomic E-state index is 5.06. The van der Waals surface area contributed by atoms with Crippen LogP contribution in [0.2, 0.25) is 0 Å². The van der Waals surface area contributed by atoms with Crippen LogP contribution in [-0.2, 0) is 4.74 Å². The molecular formula is C5H4N2O. The fraction of sp³-hybridized carbons (Fsp3) is 0.200. The van der Waals surface area contributed by atoms with Gasteiger partial charge in [-0.05, 0) is 6.08 Å². The monoisotopic (exact) mass is 108 g/mol. The van der Waals surface area contributed by atoms with Crippen molar-refractivity contribution in [3.05, 3.63) is 23.7 Å². The van der Waals surface area contributed by atoms with E-state index in [0.717, 1.165) is 11.5 Å². The largest absolute Gasteiger partial charge is 0.485 e. The van der Waals surface area contributed by atoms with Crippen LogP contribution in [0, 0.1) is 0 Å². The Morgan fingerprint density at radius 1 is 1.62 bits per heavy atom. The van der Waals surface area contributed by atoms with Crippen molar-refractivity contribution >= 4 is 0 Å². The minimum Gasteiger partial charge on any atom is -0.485 e. The van der Waals surface area contributed by atoms with E-state index in [9.17, 15) is 0 Å². The molecule has 0 aromatic rings. The SMILES string of the molecule is C1=C2N=NC=C2OC1. The summed E-state index contributed by atoms with van der Waals surface area (Å²) in [7, 11) is 0. The lowest BCUT2D eigenvalue weighted by atomic mass is 10.4. The van der Waals surface area contributed by atoms with Crippen molar-refractivity contribution in [1.29, 1.82) is 0 Å². The lowest BCUT2D eigenvalue weighted by Crippen LogP contribution is -1.78. The summed E-state index contributed by atoms with van der Waals surface area (Å²) in [5.74, 6) is 0.810. The highest BCUT2D eigenvalue weighted by atomic mass is 16.5. The van der Waals surface area contributed by atoms with Gasteiger partial charge in [0.2, 0.25) is 0 Å². The Morgan fingerprint density at radius 2 is 2.62 bits per heavy atom. The quantitative estimate of drug-likeness (QED) is 0.459. The Bertz CT molecular complexity index is 202. The van der Waals surface area contributed by atoms with E-state index in [1.54, 1.807) is 6.20 Å². The predicted octanol–water partition coefficient (Wildman–Crippen LogP) is 1.21. The molecule has 0 N–H and O–H groups in total. The summed E-state index contributed by atoms with van der Waals surface area (Å²) in [6.45, 7) is 0.653. The first-order valence-corrected chi connectivity index (χ1v) is 2.41. The van der Waals surface area contributed by atoms with Crippen molar-refractivity contribution in [2.75, 3.05) is 6.61 Å². The van der Waals surface area contributed by atoms with E-state index in [1.165, 1.54) is 0 Å². The number of hydrogen-bond acceptors (Lipinski definition) is 3. The Hall–Kier alpha value is -1.12. The molecule has 0 amide bonds. The second-order valence-corrected chi connectivity index (χ2v) is 1.61. The van der Waals surface area contributed by atoms with Crippen LogP contribution >= 0.6 is 0 Å². The highest BCUT2D eigenvalue weighted by Crippen LogP contribution is 2.24. The molecule has 3 heteroatoms. The van der Waals surface area contributed by atoms with Crippen LogP contribution in [0.5, 0.6) is 0 Å². The second-order valence-electron chi connectivity index (χ2n) is 1.61. The zero-order valence-corrected chi connectivity index (χ0v) is 4.16. The van der Waals surface area contributed by atoms with E-state index >= 15 is 0 Å². The van der Waals surface area contributed by atoms with Gasteiger partial charge in [-0.2, -0.15) is 5.11 Å². The summed E-state index contributed by atoms with van der Waals surface area (Å²) < 4.78 is 5.06. The summed E-state index contributed by atoms with van der Waals surface area (Å²) in [5, 5.41) is 7.40. The third-order valence-corrected chi connectivity index (χ3v) is 1.11. The molecule has 3 nitrogen and oxygen atoms in total. The second kappa shape index (κ2) is 1.18. The lowest BCUT2D eigenvalue weighted by Gasteiger charge is -1.89. The molecule has 2 aliphatic rings. The maximum Gasteiger partial charge on any atom is 0.167 e. The molecule has 0 aromatic carbocycles. The Labute approximate surface area is 46.4 Å². The van der Waals surface area contributed by atoms with Gasteiger partial charge in [-0.25, -0.2) is 0 Å². The molecule has 40 valence electrons. The fourth-order valence-corrected chi connectivity index (χ4v) is 0.722. The normalized spacial score (nSPS) is 22.0. The van der Waals surface area contributed by atoms with Crippen molar-refractivity contribution in [2.45, 2.75) is 0 Å². The van der Waals surface area contributed by atoms with Crippen molar-refractivity contribution < 1.29 is 4.74 Å². The number of nitrogens with zero attached hydrogens (tertiary/aromatic N) is 2. The molecule has 0 radical (unpaired) electrons. The molecule has 2 rings (SSSR count). The van der Waals surface area contributed by atoms with E-state index < -0.39 is 0 Å². The van der Waals surface area contributed by atoms with E-state index in [4.69, 9.17) is 4.74 Å². The third kappa shape index (κ3) is 0.332. The van der Waals surface area contributed by atoms with Crippen LogP contribution < -0.4 is 0 Å². The Kier molecular flexibility index (Phi) is 0.566. The molecule has 0 saturated heterocycles. The highest BCUT2D eigenvalue weighted by Gasteiger charge is 2.15. The summed E-state index contributed by atoms with van der Waals surface area (Å²) in [6, 6.07) is 0. The van der Waals surface area contributed by atoms with E-state index in [-0.39, 0.29) is 0 Å². The van der Waals surface area contributed by atoms with Crippen molar-refractivity contribution in [1.82, 2.24) is 0 Å². The average molecular weight is 108 g/mol. The van der Waals surface area contributed by atoms with Crippen LogP contribution in [0.4, 0.5) is 0 Å². The lowest BCUT2D eigenvalue weighted by molar-refractivity contribution is 0.276. The van der Waals surface area contributed by atoms with Gasteiger partial charge in [-0.3, -0.25) is 0 Å². The standard InChI is InChI=1S/C5H4N2O/c1-2-8-5-3-6-7-4(1)5/h1,3H,2H2. The van der Waals surface area contributed by atoms with Crippen LogP contribution in [0.3, 0.4) is 0 Å². The summed E-state index contributed by atoms with van der Waals surface area (Å²) in [5.41, 5.74) is 0.880. The van der Waals surface area contributed by atoms with Crippen LogP contribution in [-0.4, -0.2) is 6.61 Å². The van der Waals surface area contributed by atoms with E-state index in [2.05, 4.69) is 10.2 Å². The predicted molar refractivity (Wildman–Crippen MR) is 27.0 cm³/mol. The molecule has 8 heavy (non-hydrogen) atoms. The minimum absolute atomic E-state index is 0.653. The Balaban J connectivity index is 2.49. The number of azo groups is 1. The topological polar surface area (TPSA) is 34.0 Å². The fourth-order valence-electron chi connectivity index (χ4n) is 0.722. The van der Waals surface area contributed by atoms with Gasteiger partial charge < -0.3 is 4.74 Å². The molecule has 0 fully saturated rings. The molecule has 0 atom stereocenters. The number of fused-ring (bicyclic) bond motifs is 1. The number of ether oxygens (including phenoxy) is 1. The molecule has 0 bridgehead atoms. The van der Waals surface area contributed by atoms with Gasteiger partial charge in [0, 0.05) is 0 Å². The summed E-state index contributed by atoms with van der Waals surface area (Å²) in [6.07, 6.45) is 3.53. The average Bonchev–Trinajstić information content (AvgIpc) is 2.15. The molecule has 0 unspecified atom stereocenters. The maximum atomic E-state index is 5.06. The van der Waals surface area contributed by atoms with Gasteiger partial charge in [0.05, 0.1) is 6.20 Å². The first kappa shape index (κ1) is 3.83. The highest BCUT2D eigenvalue weighted by molar-refractivity contribution is 5.30. The van der Waals surface area contributed by atoms with E-state index in [0.29, 0.717) is 6.61 Å². The molecule has 0 aromatic heterocycles. The van der Waals surface area contributed by atoms with Gasteiger partial charge in [0.1, 0.15) is 12.3 Å². The molecule has 2 aliphatic heterocycles. The zero-order valence-electron chi connectivity index (χ0n) is 4.16. The molecule has 2 heterocycles.